The quantitative estimate of drug-likeness (QED) is 0.638. The molecule has 1 N–H and O–H groups in total. The van der Waals surface area contributed by atoms with E-state index in [1.54, 1.807) is 18.2 Å². The molecular weight excluding hydrogens is 362 g/mol. The zero-order valence-electron chi connectivity index (χ0n) is 14.0. The lowest BCUT2D eigenvalue weighted by Gasteiger charge is -2.16. The Morgan fingerprint density at radius 3 is 2.60 bits per heavy atom. The number of carbonyl (C=O) groups excluding carboxylic acids is 1. The summed E-state index contributed by atoms with van der Waals surface area (Å²) < 4.78 is 26.8. The van der Waals surface area contributed by atoms with Gasteiger partial charge in [0.05, 0.1) is 4.90 Å². The van der Waals surface area contributed by atoms with Crippen LogP contribution in [0.4, 0.5) is 5.69 Å². The van der Waals surface area contributed by atoms with Gasteiger partial charge in [-0.3, -0.25) is 4.79 Å². The smallest absolute Gasteiger partial charge is 0.264 e. The number of hydrogen-bond donors (Lipinski definition) is 1. The number of rotatable bonds is 5. The number of halogens is 1. The number of hydrogen-bond acceptors (Lipinski definition) is 5. The number of benzene rings is 1. The van der Waals surface area contributed by atoms with E-state index in [9.17, 15) is 13.2 Å². The lowest BCUT2D eigenvalue weighted by Crippen LogP contribution is -2.29. The summed E-state index contributed by atoms with van der Waals surface area (Å²) in [6, 6.07) is 7.89. The molecule has 6 nitrogen and oxygen atoms in total. The first-order chi connectivity index (χ1) is 11.7. The Kier molecular flexibility index (Phi) is 5.81. The van der Waals surface area contributed by atoms with E-state index in [1.807, 2.05) is 30.6 Å². The van der Waals surface area contributed by atoms with Crippen LogP contribution in [0.1, 0.15) is 11.1 Å². The Bertz CT molecular complexity index is 924. The van der Waals surface area contributed by atoms with Gasteiger partial charge in [0.15, 0.2) is 0 Å². The van der Waals surface area contributed by atoms with Crippen molar-refractivity contribution in [3.8, 4) is 0 Å². The fraction of sp³-hybridized carbons (Fsp3) is 0.176. The molecular formula is C17H18ClN3O3S. The van der Waals surface area contributed by atoms with E-state index in [1.165, 1.54) is 24.4 Å². The minimum atomic E-state index is -3.96. The Hall–Kier alpha value is -2.38. The molecule has 0 unspecified atom stereocenters. The molecule has 0 aliphatic carbocycles. The Labute approximate surface area is 152 Å². The van der Waals surface area contributed by atoms with Crippen LogP contribution in [0.2, 0.25) is 5.15 Å². The number of nitrogens with one attached hydrogen (secondary N) is 1. The minimum absolute atomic E-state index is 0.0236. The van der Waals surface area contributed by atoms with Crippen LogP contribution in [0.5, 0.6) is 0 Å². The van der Waals surface area contributed by atoms with E-state index in [4.69, 9.17) is 11.6 Å². The topological polar surface area (TPSA) is 79.4 Å². The second-order valence-corrected chi connectivity index (χ2v) is 7.63. The van der Waals surface area contributed by atoms with Crippen molar-refractivity contribution in [3.05, 3.63) is 58.9 Å². The maximum absolute atomic E-state index is 12.4. The van der Waals surface area contributed by atoms with Crippen LogP contribution in [0, 0.1) is 6.92 Å². The number of pyridine rings is 1. The van der Waals surface area contributed by atoms with E-state index in [0.29, 0.717) is 5.56 Å². The maximum atomic E-state index is 12.4. The van der Waals surface area contributed by atoms with Crippen LogP contribution in [-0.4, -0.2) is 33.4 Å². The highest BCUT2D eigenvalue weighted by molar-refractivity contribution is 7.90. The summed E-state index contributed by atoms with van der Waals surface area (Å²) in [7, 11) is -0.322. The molecule has 25 heavy (non-hydrogen) atoms. The molecule has 1 amide bonds. The van der Waals surface area contributed by atoms with Gasteiger partial charge >= 0.3 is 0 Å². The van der Waals surface area contributed by atoms with Gasteiger partial charge in [0, 0.05) is 32.1 Å². The van der Waals surface area contributed by atoms with Crippen molar-refractivity contribution in [2.75, 3.05) is 19.0 Å². The highest BCUT2D eigenvalue weighted by Gasteiger charge is 2.18. The molecule has 0 saturated carbocycles. The predicted molar refractivity (Wildman–Crippen MR) is 99.1 cm³/mol. The van der Waals surface area contributed by atoms with Gasteiger partial charge in [0.1, 0.15) is 5.15 Å². The number of carbonyl (C=O) groups is 1. The molecule has 0 aliphatic heterocycles. The molecule has 8 heteroatoms. The monoisotopic (exact) mass is 379 g/mol. The van der Waals surface area contributed by atoms with Crippen molar-refractivity contribution < 1.29 is 13.2 Å². The van der Waals surface area contributed by atoms with Crippen LogP contribution in [0.25, 0.3) is 6.08 Å². The van der Waals surface area contributed by atoms with Crippen LogP contribution in [0.3, 0.4) is 0 Å². The Balaban J connectivity index is 2.18. The summed E-state index contributed by atoms with van der Waals surface area (Å²) in [6.07, 6.45) is 4.08. The zero-order valence-corrected chi connectivity index (χ0v) is 15.6. The summed E-state index contributed by atoms with van der Waals surface area (Å²) in [4.78, 5) is 17.6. The Morgan fingerprint density at radius 1 is 1.24 bits per heavy atom. The average molecular weight is 380 g/mol. The van der Waals surface area contributed by atoms with Gasteiger partial charge in [0.2, 0.25) is 0 Å². The van der Waals surface area contributed by atoms with E-state index in [-0.39, 0.29) is 10.0 Å². The number of anilines is 1. The molecule has 0 aliphatic rings. The third-order valence-corrected chi connectivity index (χ3v) is 4.94. The zero-order chi connectivity index (χ0) is 18.6. The van der Waals surface area contributed by atoms with Crippen molar-refractivity contribution in [2.24, 2.45) is 0 Å². The molecule has 2 aromatic rings. The van der Waals surface area contributed by atoms with Crippen molar-refractivity contribution >= 4 is 39.3 Å². The van der Waals surface area contributed by atoms with E-state index < -0.39 is 15.9 Å². The third kappa shape index (κ3) is 5.04. The van der Waals surface area contributed by atoms with Gasteiger partial charge in [-0.15, -0.1) is 0 Å². The fourth-order valence-corrected chi connectivity index (χ4v) is 3.30. The van der Waals surface area contributed by atoms with E-state index >= 15 is 0 Å². The first-order valence-electron chi connectivity index (χ1n) is 7.33. The number of nitrogens with zero attached hydrogens (tertiary/aromatic N) is 2. The highest BCUT2D eigenvalue weighted by atomic mass is 35.5. The molecule has 0 spiro atoms. The first kappa shape index (κ1) is 19.0. The van der Waals surface area contributed by atoms with Crippen molar-refractivity contribution in [1.82, 2.24) is 9.71 Å². The molecule has 132 valence electrons. The van der Waals surface area contributed by atoms with Crippen LogP contribution >= 0.6 is 11.6 Å². The Morgan fingerprint density at radius 2 is 1.96 bits per heavy atom. The molecule has 2 rings (SSSR count). The SMILES string of the molecule is Cc1ccc(S(=O)(=O)NC(=O)C=Cc2ccnc(Cl)c2)cc1N(C)C. The maximum Gasteiger partial charge on any atom is 0.264 e. The summed E-state index contributed by atoms with van der Waals surface area (Å²) in [6.45, 7) is 1.88. The lowest BCUT2D eigenvalue weighted by molar-refractivity contribution is -0.114. The molecule has 0 atom stereocenters. The van der Waals surface area contributed by atoms with Gasteiger partial charge in [-0.2, -0.15) is 0 Å². The van der Waals surface area contributed by atoms with E-state index in [0.717, 1.165) is 17.3 Å². The highest BCUT2D eigenvalue weighted by Crippen LogP contribution is 2.22. The van der Waals surface area contributed by atoms with Gasteiger partial charge < -0.3 is 4.90 Å². The normalized spacial score (nSPS) is 11.5. The van der Waals surface area contributed by atoms with Crippen LogP contribution < -0.4 is 9.62 Å². The average Bonchev–Trinajstić information content (AvgIpc) is 2.52. The summed E-state index contributed by atoms with van der Waals surface area (Å²) in [5.74, 6) is -0.750. The molecule has 0 radical (unpaired) electrons. The lowest BCUT2D eigenvalue weighted by atomic mass is 10.2. The van der Waals surface area contributed by atoms with Gasteiger partial charge in [-0.1, -0.05) is 17.7 Å². The number of aryl methyl sites for hydroxylation is 1. The molecule has 1 aromatic carbocycles. The second-order valence-electron chi connectivity index (χ2n) is 5.56. The minimum Gasteiger partial charge on any atom is -0.377 e. The van der Waals surface area contributed by atoms with Gasteiger partial charge in [-0.05, 0) is 48.4 Å². The number of sulfonamides is 1. The first-order valence-corrected chi connectivity index (χ1v) is 9.19. The second kappa shape index (κ2) is 7.67. The molecule has 1 heterocycles. The van der Waals surface area contributed by atoms with Crippen molar-refractivity contribution in [2.45, 2.75) is 11.8 Å². The summed E-state index contributed by atoms with van der Waals surface area (Å²) in [5, 5.41) is 0.283. The number of amides is 1. The third-order valence-electron chi connectivity index (χ3n) is 3.39. The molecule has 0 bridgehead atoms. The molecule has 0 saturated heterocycles. The van der Waals surface area contributed by atoms with Gasteiger partial charge in [-0.25, -0.2) is 18.1 Å². The largest absolute Gasteiger partial charge is 0.377 e. The number of aromatic nitrogens is 1. The van der Waals surface area contributed by atoms with E-state index in [2.05, 4.69) is 4.98 Å². The summed E-state index contributed by atoms with van der Waals surface area (Å²) >= 11 is 5.75. The van der Waals surface area contributed by atoms with Crippen LogP contribution in [-0.2, 0) is 14.8 Å². The van der Waals surface area contributed by atoms with Gasteiger partial charge in [0.25, 0.3) is 15.9 Å². The molecule has 0 fully saturated rings. The predicted octanol–water partition coefficient (Wildman–Crippen LogP) is 2.63. The fourth-order valence-electron chi connectivity index (χ4n) is 2.16. The van der Waals surface area contributed by atoms with Crippen molar-refractivity contribution in [1.29, 1.82) is 0 Å². The standard InChI is InChI=1S/C17H18ClN3O3S/c1-12-4-6-14(11-15(12)21(2)3)25(23,24)20-17(22)7-5-13-8-9-19-16(18)10-13/h4-11H,1-3H3,(H,20,22). The molecule has 1 aromatic heterocycles. The summed E-state index contributed by atoms with van der Waals surface area (Å²) in [5.41, 5.74) is 2.33. The van der Waals surface area contributed by atoms with Crippen molar-refractivity contribution in [3.63, 3.8) is 0 Å². The van der Waals surface area contributed by atoms with Crippen LogP contribution in [0.15, 0.2) is 47.5 Å².